The van der Waals surface area contributed by atoms with E-state index < -0.39 is 11.9 Å². The van der Waals surface area contributed by atoms with E-state index in [0.717, 1.165) is 6.20 Å². The average molecular weight is 272 g/mol. The summed E-state index contributed by atoms with van der Waals surface area (Å²) in [5, 5.41) is 0.762. The molecule has 0 aliphatic rings. The minimum Gasteiger partial charge on any atom is -0.319 e. The highest BCUT2D eigenvalue weighted by atomic mass is 35.5. The Morgan fingerprint density at radius 1 is 1.18 bits per heavy atom. The Morgan fingerprint density at radius 3 is 2.59 bits per heavy atom. The largest absolute Gasteiger partial charge is 0.319 e. The van der Waals surface area contributed by atoms with Crippen LogP contribution >= 0.6 is 23.2 Å². The summed E-state index contributed by atoms with van der Waals surface area (Å²) >= 11 is 11.7. The number of nitrogens with two attached hydrogens (primary N) is 1. The van der Waals surface area contributed by atoms with Gasteiger partial charge in [0.2, 0.25) is 0 Å². The van der Waals surface area contributed by atoms with E-state index in [4.69, 9.17) is 28.9 Å². The number of halogens is 3. The van der Waals surface area contributed by atoms with E-state index in [1.165, 1.54) is 24.5 Å². The maximum Gasteiger partial charge on any atom is 0.141 e. The molecule has 2 rings (SSSR count). The van der Waals surface area contributed by atoms with E-state index >= 15 is 0 Å². The summed E-state index contributed by atoms with van der Waals surface area (Å²) in [6, 6.07) is 2.20. The van der Waals surface area contributed by atoms with Crippen molar-refractivity contribution in [3.05, 3.63) is 57.8 Å². The quantitative estimate of drug-likeness (QED) is 0.914. The number of hydrogen-bond acceptors (Lipinski definition) is 3. The van der Waals surface area contributed by atoms with Gasteiger partial charge in [-0.1, -0.05) is 23.2 Å². The molecule has 1 atom stereocenters. The van der Waals surface area contributed by atoms with Crippen LogP contribution in [0.4, 0.5) is 4.39 Å². The van der Waals surface area contributed by atoms with Crippen molar-refractivity contribution in [2.75, 3.05) is 0 Å². The highest BCUT2D eigenvalue weighted by Crippen LogP contribution is 2.26. The summed E-state index contributed by atoms with van der Waals surface area (Å²) in [5.41, 5.74) is 6.87. The molecule has 2 heterocycles. The lowest BCUT2D eigenvalue weighted by Gasteiger charge is -2.12. The second kappa shape index (κ2) is 4.96. The maximum absolute atomic E-state index is 13.0. The second-order valence-electron chi connectivity index (χ2n) is 3.43. The number of hydrogen-bond donors (Lipinski definition) is 1. The lowest BCUT2D eigenvalue weighted by Crippen LogP contribution is -2.14. The molecule has 0 amide bonds. The molecule has 2 aromatic heterocycles. The third kappa shape index (κ3) is 2.72. The van der Waals surface area contributed by atoms with Gasteiger partial charge in [0.15, 0.2) is 0 Å². The number of nitrogens with zero attached hydrogens (tertiary/aromatic N) is 2. The predicted octanol–water partition coefficient (Wildman–Crippen LogP) is 2.97. The number of pyridine rings is 2. The first-order chi connectivity index (χ1) is 8.08. The fraction of sp³-hybridized carbons (Fsp3) is 0.0909. The van der Waals surface area contributed by atoms with Crippen molar-refractivity contribution in [2.24, 2.45) is 5.73 Å². The van der Waals surface area contributed by atoms with Crippen molar-refractivity contribution in [2.45, 2.75) is 6.04 Å². The molecule has 0 aliphatic heterocycles. The van der Waals surface area contributed by atoms with E-state index in [1.54, 1.807) is 0 Å². The van der Waals surface area contributed by atoms with Crippen molar-refractivity contribution in [3.63, 3.8) is 0 Å². The molecule has 0 radical (unpaired) electrons. The van der Waals surface area contributed by atoms with Gasteiger partial charge in [-0.2, -0.15) is 0 Å². The van der Waals surface area contributed by atoms with Gasteiger partial charge in [0.1, 0.15) is 5.82 Å². The molecule has 17 heavy (non-hydrogen) atoms. The first-order valence-electron chi connectivity index (χ1n) is 4.75. The Kier molecular flexibility index (Phi) is 3.57. The summed E-state index contributed by atoms with van der Waals surface area (Å²) < 4.78 is 13.0. The molecule has 0 saturated carbocycles. The van der Waals surface area contributed by atoms with Gasteiger partial charge < -0.3 is 5.73 Å². The molecule has 0 fully saturated rings. The third-order valence-electron chi connectivity index (χ3n) is 2.22. The summed E-state index contributed by atoms with van der Waals surface area (Å²) in [6.45, 7) is 0. The van der Waals surface area contributed by atoms with Crippen LogP contribution < -0.4 is 5.73 Å². The fourth-order valence-electron chi connectivity index (χ4n) is 1.41. The van der Waals surface area contributed by atoms with Gasteiger partial charge in [-0.15, -0.1) is 0 Å². The normalized spacial score (nSPS) is 12.5. The lowest BCUT2D eigenvalue weighted by molar-refractivity contribution is 0.615. The molecule has 0 bridgehead atoms. The monoisotopic (exact) mass is 271 g/mol. The van der Waals surface area contributed by atoms with Crippen LogP contribution in [0.15, 0.2) is 30.7 Å². The Hall–Kier alpha value is -1.23. The Bertz CT molecular complexity index is 548. The van der Waals surface area contributed by atoms with Gasteiger partial charge >= 0.3 is 0 Å². The zero-order chi connectivity index (χ0) is 12.4. The minimum absolute atomic E-state index is 0.342. The molecule has 88 valence electrons. The molecule has 0 aliphatic carbocycles. The number of aromatic nitrogens is 2. The van der Waals surface area contributed by atoms with Gasteiger partial charge in [-0.25, -0.2) is 4.39 Å². The van der Waals surface area contributed by atoms with Crippen LogP contribution in [0.3, 0.4) is 0 Å². The highest BCUT2D eigenvalue weighted by molar-refractivity contribution is 6.34. The van der Waals surface area contributed by atoms with E-state index in [2.05, 4.69) is 9.97 Å². The van der Waals surface area contributed by atoms with Crippen LogP contribution in [0.5, 0.6) is 0 Å². The smallest absolute Gasteiger partial charge is 0.141 e. The first kappa shape index (κ1) is 12.2. The molecule has 3 nitrogen and oxygen atoms in total. The molecule has 6 heteroatoms. The lowest BCUT2D eigenvalue weighted by atomic mass is 10.1. The van der Waals surface area contributed by atoms with Crippen molar-refractivity contribution in [3.8, 4) is 0 Å². The van der Waals surface area contributed by atoms with E-state index in [0.29, 0.717) is 21.3 Å². The van der Waals surface area contributed by atoms with Crippen molar-refractivity contribution in [1.29, 1.82) is 0 Å². The third-order valence-corrected chi connectivity index (χ3v) is 2.73. The summed E-state index contributed by atoms with van der Waals surface area (Å²) in [7, 11) is 0. The van der Waals surface area contributed by atoms with Crippen molar-refractivity contribution in [1.82, 2.24) is 9.97 Å². The van der Waals surface area contributed by atoms with Crippen LogP contribution in [-0.2, 0) is 0 Å². The fourth-order valence-corrected chi connectivity index (χ4v) is 1.91. The van der Waals surface area contributed by atoms with Crippen molar-refractivity contribution < 1.29 is 4.39 Å². The van der Waals surface area contributed by atoms with Crippen LogP contribution in [0.25, 0.3) is 0 Å². The molecule has 0 aromatic carbocycles. The van der Waals surface area contributed by atoms with Gasteiger partial charge in [0, 0.05) is 12.4 Å². The Labute approximate surface area is 107 Å². The molecule has 0 spiro atoms. The molecular formula is C11H8Cl2FN3. The Balaban J connectivity index is 2.40. The SMILES string of the molecule is NC(c1cncc(F)c1)c1ncc(Cl)cc1Cl. The summed E-state index contributed by atoms with van der Waals surface area (Å²) in [6.07, 6.45) is 4.02. The molecule has 0 saturated heterocycles. The topological polar surface area (TPSA) is 51.8 Å². The molecular weight excluding hydrogens is 264 g/mol. The predicted molar refractivity (Wildman–Crippen MR) is 64.5 cm³/mol. The zero-order valence-electron chi connectivity index (χ0n) is 8.57. The number of rotatable bonds is 2. The second-order valence-corrected chi connectivity index (χ2v) is 4.28. The maximum atomic E-state index is 13.0. The van der Waals surface area contributed by atoms with Gasteiger partial charge in [-0.05, 0) is 17.7 Å². The van der Waals surface area contributed by atoms with E-state index in [1.807, 2.05) is 0 Å². The van der Waals surface area contributed by atoms with Crippen molar-refractivity contribution >= 4 is 23.2 Å². The minimum atomic E-state index is -0.636. The standard InChI is InChI=1S/C11H8Cl2FN3/c12-7-2-9(13)11(17-4-7)10(15)6-1-8(14)5-16-3-6/h1-5,10H,15H2. The summed E-state index contributed by atoms with van der Waals surface area (Å²) in [4.78, 5) is 7.77. The van der Waals surface area contributed by atoms with E-state index in [9.17, 15) is 4.39 Å². The first-order valence-corrected chi connectivity index (χ1v) is 5.50. The van der Waals surface area contributed by atoms with Crippen LogP contribution in [0.2, 0.25) is 10.0 Å². The zero-order valence-corrected chi connectivity index (χ0v) is 10.1. The van der Waals surface area contributed by atoms with Gasteiger partial charge in [-0.3, -0.25) is 9.97 Å². The molecule has 1 unspecified atom stereocenters. The van der Waals surface area contributed by atoms with Crippen LogP contribution in [0, 0.1) is 5.82 Å². The van der Waals surface area contributed by atoms with Crippen LogP contribution in [0.1, 0.15) is 17.3 Å². The van der Waals surface area contributed by atoms with E-state index in [-0.39, 0.29) is 0 Å². The van der Waals surface area contributed by atoms with Crippen LogP contribution in [-0.4, -0.2) is 9.97 Å². The molecule has 2 N–H and O–H groups in total. The van der Waals surface area contributed by atoms with Gasteiger partial charge in [0.25, 0.3) is 0 Å². The average Bonchev–Trinajstić information content (AvgIpc) is 2.28. The Morgan fingerprint density at radius 2 is 1.94 bits per heavy atom. The highest BCUT2D eigenvalue weighted by Gasteiger charge is 2.15. The molecule has 2 aromatic rings. The van der Waals surface area contributed by atoms with Gasteiger partial charge in [0.05, 0.1) is 28.0 Å². The summed E-state index contributed by atoms with van der Waals surface area (Å²) in [5.74, 6) is -0.456.